The van der Waals surface area contributed by atoms with Crippen molar-refractivity contribution >= 4 is 40.7 Å². The van der Waals surface area contributed by atoms with E-state index >= 15 is 0 Å². The fourth-order valence-corrected chi connectivity index (χ4v) is 4.20. The summed E-state index contributed by atoms with van der Waals surface area (Å²) < 4.78 is 0. The normalized spacial score (nSPS) is 15.6. The zero-order chi connectivity index (χ0) is 22.1. The molecule has 2 aromatic heterocycles. The summed E-state index contributed by atoms with van der Waals surface area (Å²) in [6.45, 7) is 3.96. The molecule has 0 atom stereocenters. The zero-order valence-electron chi connectivity index (χ0n) is 17.2. The SMILES string of the molecule is O=C(Nc1cc(N2CCNCC2)ccn1)c1cccc(N2Cc3c(Cl)cccc3C2=O)n1. The van der Waals surface area contributed by atoms with Gasteiger partial charge >= 0.3 is 0 Å². The molecular weight excluding hydrogens is 428 g/mol. The van der Waals surface area contributed by atoms with Gasteiger partial charge in [-0.25, -0.2) is 9.97 Å². The molecular formula is C23H21ClN6O2. The van der Waals surface area contributed by atoms with Crippen LogP contribution < -0.4 is 20.4 Å². The second-order valence-electron chi connectivity index (χ2n) is 7.63. The van der Waals surface area contributed by atoms with Crippen LogP contribution in [-0.2, 0) is 6.54 Å². The van der Waals surface area contributed by atoms with Gasteiger partial charge in [-0.1, -0.05) is 23.7 Å². The van der Waals surface area contributed by atoms with Gasteiger partial charge in [-0.2, -0.15) is 0 Å². The van der Waals surface area contributed by atoms with E-state index in [1.165, 1.54) is 4.90 Å². The van der Waals surface area contributed by atoms with Gasteiger partial charge < -0.3 is 15.5 Å². The Morgan fingerprint density at radius 3 is 2.72 bits per heavy atom. The largest absolute Gasteiger partial charge is 0.369 e. The van der Waals surface area contributed by atoms with Crippen LogP contribution in [0.4, 0.5) is 17.3 Å². The number of pyridine rings is 2. The third-order valence-electron chi connectivity index (χ3n) is 5.62. The van der Waals surface area contributed by atoms with Crippen molar-refractivity contribution in [3.05, 3.63) is 76.6 Å². The molecule has 4 heterocycles. The molecule has 1 fully saturated rings. The summed E-state index contributed by atoms with van der Waals surface area (Å²) in [7, 11) is 0. The van der Waals surface area contributed by atoms with E-state index in [1.807, 2.05) is 12.1 Å². The average molecular weight is 449 g/mol. The van der Waals surface area contributed by atoms with Crippen molar-refractivity contribution in [2.24, 2.45) is 0 Å². The van der Waals surface area contributed by atoms with Gasteiger partial charge in [0.15, 0.2) is 0 Å². The van der Waals surface area contributed by atoms with E-state index in [1.54, 1.807) is 42.6 Å². The summed E-state index contributed by atoms with van der Waals surface area (Å²) in [5, 5.41) is 6.68. The van der Waals surface area contributed by atoms with Gasteiger partial charge in [0.25, 0.3) is 11.8 Å². The fraction of sp³-hybridized carbons (Fsp3) is 0.217. The molecule has 2 amide bonds. The lowest BCUT2D eigenvalue weighted by molar-refractivity contribution is 0.0990. The van der Waals surface area contributed by atoms with E-state index in [0.717, 1.165) is 37.4 Å². The molecule has 2 aliphatic rings. The highest BCUT2D eigenvalue weighted by molar-refractivity contribution is 6.32. The standard InChI is InChI=1S/C23H21ClN6O2/c24-18-4-1-3-16-17(18)14-30(23(16)32)21-6-2-5-19(27-21)22(31)28-20-13-15(7-8-26-20)29-11-9-25-10-12-29/h1-8,13,25H,9-12,14H2,(H,26,28,31). The molecule has 0 aliphatic carbocycles. The molecule has 0 saturated carbocycles. The van der Waals surface area contributed by atoms with Gasteiger partial charge in [0.05, 0.1) is 6.54 Å². The number of carbonyl (C=O) groups is 2. The van der Waals surface area contributed by atoms with E-state index in [-0.39, 0.29) is 17.5 Å². The van der Waals surface area contributed by atoms with Crippen LogP contribution in [0, 0.1) is 0 Å². The van der Waals surface area contributed by atoms with E-state index in [9.17, 15) is 9.59 Å². The van der Waals surface area contributed by atoms with Crippen molar-refractivity contribution in [2.45, 2.75) is 6.54 Å². The number of carbonyl (C=O) groups excluding carboxylic acids is 2. The van der Waals surface area contributed by atoms with Gasteiger partial charge in [-0.3, -0.25) is 14.5 Å². The number of piperazine rings is 1. The summed E-state index contributed by atoms with van der Waals surface area (Å²) in [5.74, 6) is 0.282. The minimum Gasteiger partial charge on any atom is -0.369 e. The second kappa shape index (κ2) is 8.57. The number of nitrogens with zero attached hydrogens (tertiary/aromatic N) is 4. The molecule has 0 unspecified atom stereocenters. The predicted octanol–water partition coefficient (Wildman–Crippen LogP) is 2.95. The Balaban J connectivity index is 1.34. The third-order valence-corrected chi connectivity index (χ3v) is 5.98. The first-order chi connectivity index (χ1) is 15.6. The molecule has 2 aliphatic heterocycles. The molecule has 0 spiro atoms. The first kappa shape index (κ1) is 20.4. The zero-order valence-corrected chi connectivity index (χ0v) is 18.0. The number of nitrogens with one attached hydrogen (secondary N) is 2. The molecule has 1 aromatic carbocycles. The number of aromatic nitrogens is 2. The second-order valence-corrected chi connectivity index (χ2v) is 8.04. The van der Waals surface area contributed by atoms with Crippen molar-refractivity contribution in [1.29, 1.82) is 0 Å². The molecule has 1 saturated heterocycles. The van der Waals surface area contributed by atoms with Crippen LogP contribution in [-0.4, -0.2) is 48.0 Å². The van der Waals surface area contributed by atoms with Gasteiger partial charge in [-0.15, -0.1) is 0 Å². The molecule has 5 rings (SSSR count). The summed E-state index contributed by atoms with van der Waals surface area (Å²) >= 11 is 6.25. The molecule has 3 aromatic rings. The number of amides is 2. The quantitative estimate of drug-likeness (QED) is 0.637. The minimum atomic E-state index is -0.390. The molecule has 32 heavy (non-hydrogen) atoms. The Morgan fingerprint density at radius 1 is 1.09 bits per heavy atom. The Bertz CT molecular complexity index is 1190. The van der Waals surface area contributed by atoms with Crippen LogP contribution in [0.2, 0.25) is 5.02 Å². The van der Waals surface area contributed by atoms with Crippen LogP contribution in [0.1, 0.15) is 26.4 Å². The fourth-order valence-electron chi connectivity index (χ4n) is 3.97. The highest BCUT2D eigenvalue weighted by atomic mass is 35.5. The van der Waals surface area contributed by atoms with E-state index in [0.29, 0.717) is 28.8 Å². The average Bonchev–Trinajstić information content (AvgIpc) is 3.18. The summed E-state index contributed by atoms with van der Waals surface area (Å²) in [5.41, 5.74) is 2.54. The number of anilines is 3. The van der Waals surface area contributed by atoms with Crippen LogP contribution >= 0.6 is 11.6 Å². The van der Waals surface area contributed by atoms with Crippen molar-refractivity contribution in [3.63, 3.8) is 0 Å². The Hall–Kier alpha value is -3.49. The van der Waals surface area contributed by atoms with E-state index in [4.69, 9.17) is 11.6 Å². The monoisotopic (exact) mass is 448 g/mol. The Kier molecular flexibility index (Phi) is 5.46. The van der Waals surface area contributed by atoms with E-state index < -0.39 is 0 Å². The number of benzene rings is 1. The lowest BCUT2D eigenvalue weighted by Crippen LogP contribution is -2.43. The number of halogens is 1. The molecule has 2 N–H and O–H groups in total. The topological polar surface area (TPSA) is 90.5 Å². The summed E-state index contributed by atoms with van der Waals surface area (Å²) in [4.78, 5) is 38.1. The van der Waals surface area contributed by atoms with Crippen molar-refractivity contribution < 1.29 is 9.59 Å². The number of fused-ring (bicyclic) bond motifs is 1. The van der Waals surface area contributed by atoms with Crippen LogP contribution in [0.3, 0.4) is 0 Å². The molecule has 9 heteroatoms. The molecule has 0 bridgehead atoms. The number of rotatable bonds is 4. The number of hydrogen-bond donors (Lipinski definition) is 2. The number of hydrogen-bond acceptors (Lipinski definition) is 6. The Labute approximate surface area is 190 Å². The molecule has 162 valence electrons. The van der Waals surface area contributed by atoms with Crippen LogP contribution in [0.15, 0.2) is 54.7 Å². The van der Waals surface area contributed by atoms with Gasteiger partial charge in [0, 0.05) is 60.3 Å². The van der Waals surface area contributed by atoms with Gasteiger partial charge in [0.1, 0.15) is 17.3 Å². The summed E-state index contributed by atoms with van der Waals surface area (Å²) in [6, 6.07) is 14.1. The first-order valence-corrected chi connectivity index (χ1v) is 10.8. The first-order valence-electron chi connectivity index (χ1n) is 10.4. The van der Waals surface area contributed by atoms with Gasteiger partial charge in [-0.05, 0) is 30.3 Å². The molecule has 0 radical (unpaired) electrons. The van der Waals surface area contributed by atoms with E-state index in [2.05, 4.69) is 25.5 Å². The van der Waals surface area contributed by atoms with Crippen molar-refractivity contribution in [2.75, 3.05) is 41.3 Å². The summed E-state index contributed by atoms with van der Waals surface area (Å²) in [6.07, 6.45) is 1.68. The molecule has 8 nitrogen and oxygen atoms in total. The van der Waals surface area contributed by atoms with Crippen LogP contribution in [0.25, 0.3) is 0 Å². The smallest absolute Gasteiger partial charge is 0.275 e. The lowest BCUT2D eigenvalue weighted by Gasteiger charge is -2.29. The third kappa shape index (κ3) is 3.90. The maximum atomic E-state index is 12.9. The maximum absolute atomic E-state index is 12.9. The highest BCUT2D eigenvalue weighted by Crippen LogP contribution is 2.31. The maximum Gasteiger partial charge on any atom is 0.275 e. The van der Waals surface area contributed by atoms with Gasteiger partial charge in [0.2, 0.25) is 0 Å². The highest BCUT2D eigenvalue weighted by Gasteiger charge is 2.31. The Morgan fingerprint density at radius 2 is 1.91 bits per heavy atom. The predicted molar refractivity (Wildman–Crippen MR) is 123 cm³/mol. The van der Waals surface area contributed by atoms with Crippen molar-refractivity contribution in [3.8, 4) is 0 Å². The lowest BCUT2D eigenvalue weighted by atomic mass is 10.1. The van der Waals surface area contributed by atoms with Crippen molar-refractivity contribution in [1.82, 2.24) is 15.3 Å². The van der Waals surface area contributed by atoms with Crippen LogP contribution in [0.5, 0.6) is 0 Å². The minimum absolute atomic E-state index is 0.182.